The number of benzene rings is 1. The summed E-state index contributed by atoms with van der Waals surface area (Å²) in [4.78, 5) is 4.55. The fourth-order valence-corrected chi connectivity index (χ4v) is 2.10. The van der Waals surface area contributed by atoms with Crippen LogP contribution in [0.1, 0.15) is 23.8 Å². The van der Waals surface area contributed by atoms with Crippen LogP contribution in [0.4, 0.5) is 0 Å². The Morgan fingerprint density at radius 1 is 1.47 bits per heavy atom. The molecule has 1 fully saturated rings. The highest BCUT2D eigenvalue weighted by atomic mass is 16.3. The third-order valence-corrected chi connectivity index (χ3v) is 2.97. The van der Waals surface area contributed by atoms with Gasteiger partial charge in [0.2, 0.25) is 0 Å². The zero-order valence-corrected chi connectivity index (χ0v) is 8.79. The quantitative estimate of drug-likeness (QED) is 0.770. The van der Waals surface area contributed by atoms with Gasteiger partial charge in [-0.1, -0.05) is 6.07 Å². The van der Waals surface area contributed by atoms with E-state index < -0.39 is 0 Å². The van der Waals surface area contributed by atoms with E-state index in [4.69, 9.17) is 4.42 Å². The molecule has 0 radical (unpaired) electrons. The van der Waals surface area contributed by atoms with E-state index in [1.807, 2.05) is 6.07 Å². The largest absolute Gasteiger partial charge is 0.440 e. The van der Waals surface area contributed by atoms with Gasteiger partial charge in [0.15, 0.2) is 11.5 Å². The summed E-state index contributed by atoms with van der Waals surface area (Å²) in [5.41, 5.74) is 3.12. The first-order chi connectivity index (χ1) is 7.33. The van der Waals surface area contributed by atoms with Gasteiger partial charge in [-0.25, -0.2) is 4.98 Å². The first-order valence-corrected chi connectivity index (χ1v) is 5.41. The number of aromatic nitrogens is 1. The van der Waals surface area contributed by atoms with Crippen LogP contribution >= 0.6 is 0 Å². The van der Waals surface area contributed by atoms with Gasteiger partial charge < -0.3 is 9.73 Å². The smallest absolute Gasteiger partial charge is 0.199 e. The topological polar surface area (TPSA) is 38.1 Å². The fourth-order valence-electron chi connectivity index (χ4n) is 2.10. The molecule has 15 heavy (non-hydrogen) atoms. The van der Waals surface area contributed by atoms with Crippen LogP contribution in [0.15, 0.2) is 22.6 Å². The van der Waals surface area contributed by atoms with E-state index in [-0.39, 0.29) is 0 Å². The van der Waals surface area contributed by atoms with Gasteiger partial charge in [0, 0.05) is 12.5 Å². The number of hydrogen-bond acceptors (Lipinski definition) is 3. The summed E-state index contributed by atoms with van der Waals surface area (Å²) in [5, 5.41) is 3.33. The van der Waals surface area contributed by atoms with E-state index in [2.05, 4.69) is 29.4 Å². The van der Waals surface area contributed by atoms with Crippen LogP contribution < -0.4 is 5.32 Å². The minimum Gasteiger partial charge on any atom is -0.440 e. The molecule has 1 N–H and O–H groups in total. The Kier molecular flexibility index (Phi) is 1.99. The van der Waals surface area contributed by atoms with Crippen LogP contribution in [0.3, 0.4) is 0 Å². The molecule has 1 aliphatic heterocycles. The van der Waals surface area contributed by atoms with Crippen molar-refractivity contribution < 1.29 is 4.42 Å². The molecule has 0 aliphatic carbocycles. The van der Waals surface area contributed by atoms with Crippen molar-refractivity contribution in [1.29, 1.82) is 0 Å². The Labute approximate surface area is 88.5 Å². The summed E-state index contributed by atoms with van der Waals surface area (Å²) >= 11 is 0. The maximum Gasteiger partial charge on any atom is 0.199 e. The van der Waals surface area contributed by atoms with Crippen molar-refractivity contribution in [2.45, 2.75) is 19.3 Å². The highest BCUT2D eigenvalue weighted by molar-refractivity contribution is 5.73. The Morgan fingerprint density at radius 3 is 3.20 bits per heavy atom. The molecule has 3 nitrogen and oxygen atoms in total. The van der Waals surface area contributed by atoms with Crippen molar-refractivity contribution in [2.24, 2.45) is 0 Å². The maximum atomic E-state index is 5.76. The summed E-state index contributed by atoms with van der Waals surface area (Å²) < 4.78 is 5.76. The lowest BCUT2D eigenvalue weighted by Gasteiger charge is -1.99. The van der Waals surface area contributed by atoms with Crippen molar-refractivity contribution in [2.75, 3.05) is 13.1 Å². The van der Waals surface area contributed by atoms with Gasteiger partial charge >= 0.3 is 0 Å². The van der Waals surface area contributed by atoms with E-state index in [1.54, 1.807) is 0 Å². The van der Waals surface area contributed by atoms with Gasteiger partial charge in [0.1, 0.15) is 5.52 Å². The standard InChI is InChI=1S/C12H14N2O/c1-8-2-3-11-10(6-8)14-12(15-11)9-4-5-13-7-9/h2-3,6,9,13H,4-5,7H2,1H3. The van der Waals surface area contributed by atoms with E-state index >= 15 is 0 Å². The second-order valence-corrected chi connectivity index (χ2v) is 4.21. The molecule has 0 spiro atoms. The molecule has 0 amide bonds. The normalized spacial score (nSPS) is 21.3. The molecule has 1 atom stereocenters. The minimum atomic E-state index is 0.456. The molecular formula is C12H14N2O. The van der Waals surface area contributed by atoms with Crippen molar-refractivity contribution in [1.82, 2.24) is 10.3 Å². The fraction of sp³-hybridized carbons (Fsp3) is 0.417. The van der Waals surface area contributed by atoms with E-state index in [0.29, 0.717) is 5.92 Å². The average molecular weight is 202 g/mol. The molecule has 2 aromatic rings. The van der Waals surface area contributed by atoms with Crippen LogP contribution in [0, 0.1) is 6.92 Å². The zero-order chi connectivity index (χ0) is 10.3. The van der Waals surface area contributed by atoms with E-state index in [0.717, 1.165) is 36.5 Å². The molecule has 3 rings (SSSR count). The minimum absolute atomic E-state index is 0.456. The summed E-state index contributed by atoms with van der Waals surface area (Å²) in [7, 11) is 0. The molecule has 1 aromatic heterocycles. The second kappa shape index (κ2) is 3.35. The lowest BCUT2D eigenvalue weighted by atomic mass is 10.1. The van der Waals surface area contributed by atoms with E-state index in [9.17, 15) is 0 Å². The monoisotopic (exact) mass is 202 g/mol. The van der Waals surface area contributed by atoms with Crippen LogP contribution in [-0.4, -0.2) is 18.1 Å². The van der Waals surface area contributed by atoms with Gasteiger partial charge in [-0.15, -0.1) is 0 Å². The number of hydrogen-bond donors (Lipinski definition) is 1. The number of aryl methyl sites for hydroxylation is 1. The van der Waals surface area contributed by atoms with Crippen molar-refractivity contribution in [3.63, 3.8) is 0 Å². The molecule has 1 saturated heterocycles. The highest BCUT2D eigenvalue weighted by Crippen LogP contribution is 2.25. The summed E-state index contributed by atoms with van der Waals surface area (Å²) in [6.45, 7) is 4.14. The van der Waals surface area contributed by atoms with Crippen LogP contribution in [0.25, 0.3) is 11.1 Å². The Morgan fingerprint density at radius 2 is 2.40 bits per heavy atom. The summed E-state index contributed by atoms with van der Waals surface area (Å²) in [6, 6.07) is 6.14. The Bertz CT molecular complexity index is 483. The maximum absolute atomic E-state index is 5.76. The number of nitrogens with zero attached hydrogens (tertiary/aromatic N) is 1. The second-order valence-electron chi connectivity index (χ2n) is 4.21. The predicted molar refractivity (Wildman–Crippen MR) is 59.0 cm³/mol. The summed E-state index contributed by atoms with van der Waals surface area (Å²) in [5.74, 6) is 1.35. The molecule has 0 saturated carbocycles. The molecule has 0 bridgehead atoms. The molecule has 1 aromatic carbocycles. The predicted octanol–water partition coefficient (Wildman–Crippen LogP) is 2.21. The highest BCUT2D eigenvalue weighted by Gasteiger charge is 2.21. The lowest BCUT2D eigenvalue weighted by molar-refractivity contribution is 0.485. The average Bonchev–Trinajstić information content (AvgIpc) is 2.84. The first-order valence-electron chi connectivity index (χ1n) is 5.41. The molecule has 1 aliphatic rings. The van der Waals surface area contributed by atoms with Crippen LogP contribution in [0.2, 0.25) is 0 Å². The molecule has 78 valence electrons. The molecule has 3 heteroatoms. The third-order valence-electron chi connectivity index (χ3n) is 2.97. The zero-order valence-electron chi connectivity index (χ0n) is 8.79. The van der Waals surface area contributed by atoms with Gasteiger partial charge in [-0.05, 0) is 37.6 Å². The van der Waals surface area contributed by atoms with Crippen molar-refractivity contribution in [3.8, 4) is 0 Å². The first kappa shape index (κ1) is 8.92. The number of oxazole rings is 1. The van der Waals surface area contributed by atoms with Gasteiger partial charge in [-0.3, -0.25) is 0 Å². The van der Waals surface area contributed by atoms with Crippen LogP contribution in [-0.2, 0) is 0 Å². The van der Waals surface area contributed by atoms with Gasteiger partial charge in [-0.2, -0.15) is 0 Å². The number of fused-ring (bicyclic) bond motifs is 1. The Balaban J connectivity index is 2.05. The molecule has 2 heterocycles. The van der Waals surface area contributed by atoms with Crippen LogP contribution in [0.5, 0.6) is 0 Å². The van der Waals surface area contributed by atoms with Gasteiger partial charge in [0.25, 0.3) is 0 Å². The molecule has 1 unspecified atom stereocenters. The van der Waals surface area contributed by atoms with Crippen molar-refractivity contribution in [3.05, 3.63) is 29.7 Å². The Hall–Kier alpha value is -1.35. The third kappa shape index (κ3) is 1.53. The van der Waals surface area contributed by atoms with Crippen molar-refractivity contribution >= 4 is 11.1 Å². The van der Waals surface area contributed by atoms with Gasteiger partial charge in [0.05, 0.1) is 0 Å². The van der Waals surface area contributed by atoms with E-state index in [1.165, 1.54) is 5.56 Å². The lowest BCUT2D eigenvalue weighted by Crippen LogP contribution is -2.07. The summed E-state index contributed by atoms with van der Waals surface area (Å²) in [6.07, 6.45) is 1.13. The number of nitrogens with one attached hydrogen (secondary N) is 1. The number of rotatable bonds is 1. The SMILES string of the molecule is Cc1ccc2oc(C3CCNC3)nc2c1. The molecular weight excluding hydrogens is 188 g/mol.